The van der Waals surface area contributed by atoms with Gasteiger partial charge in [-0.25, -0.2) is 0 Å². The predicted octanol–water partition coefficient (Wildman–Crippen LogP) is 6.03. The largest absolute Gasteiger partial charge is 0.367 e. The van der Waals surface area contributed by atoms with E-state index in [0.29, 0.717) is 23.0 Å². The van der Waals surface area contributed by atoms with Crippen LogP contribution in [0.5, 0.6) is 0 Å². The van der Waals surface area contributed by atoms with Crippen molar-refractivity contribution in [2.75, 3.05) is 16.8 Å². The molecular formula is C22H29ClN4OS. The molecule has 7 heteroatoms. The Morgan fingerprint density at radius 1 is 1.31 bits per heavy atom. The van der Waals surface area contributed by atoms with E-state index in [1.54, 1.807) is 0 Å². The number of benzene rings is 1. The van der Waals surface area contributed by atoms with Crippen molar-refractivity contribution in [1.82, 2.24) is 9.36 Å². The number of aldehydes is 1. The van der Waals surface area contributed by atoms with E-state index in [0.717, 1.165) is 24.9 Å². The van der Waals surface area contributed by atoms with Gasteiger partial charge >= 0.3 is 0 Å². The Morgan fingerprint density at radius 3 is 2.72 bits per heavy atom. The summed E-state index contributed by atoms with van der Waals surface area (Å²) in [5, 5.41) is 4.44. The molecule has 156 valence electrons. The number of carbonyl (C=O) groups excluding carboxylic acids is 1. The van der Waals surface area contributed by atoms with Crippen molar-refractivity contribution in [1.29, 1.82) is 0 Å². The molecule has 2 fully saturated rings. The highest BCUT2D eigenvalue weighted by Gasteiger charge is 2.38. The van der Waals surface area contributed by atoms with Crippen molar-refractivity contribution in [3.63, 3.8) is 0 Å². The van der Waals surface area contributed by atoms with Gasteiger partial charge in [0.25, 0.3) is 0 Å². The minimum atomic E-state index is 0.162. The molecule has 1 heterocycles. The molecule has 1 N–H and O–H groups in total. The molecule has 0 aliphatic heterocycles. The van der Waals surface area contributed by atoms with Crippen LogP contribution in [0.15, 0.2) is 18.2 Å². The van der Waals surface area contributed by atoms with Crippen molar-refractivity contribution in [2.24, 2.45) is 11.8 Å². The molecule has 0 spiro atoms. The standard InChI is InChI=1S/C22H29ClN4OS/c1-14(2)12-27(17-6-4-3-5-7-17)20-9-8-15(18-10-16(18)13-28)11-19(20)24-22-25-21(23)26-29-22/h8-9,11,13-14,16-18H,3-7,10,12H2,1-2H3,(H,24,25,26). The zero-order chi connectivity index (χ0) is 20.4. The smallest absolute Gasteiger partial charge is 0.236 e. The lowest BCUT2D eigenvalue weighted by Crippen LogP contribution is -2.39. The number of hydrogen-bond donors (Lipinski definition) is 1. The fourth-order valence-corrected chi connectivity index (χ4v) is 5.21. The van der Waals surface area contributed by atoms with Crippen molar-refractivity contribution in [2.45, 2.75) is 64.3 Å². The number of nitrogens with zero attached hydrogens (tertiary/aromatic N) is 3. The quantitative estimate of drug-likeness (QED) is 0.516. The first-order chi connectivity index (χ1) is 14.0. The Hall–Kier alpha value is -1.66. The second kappa shape index (κ2) is 9.00. The molecule has 0 bridgehead atoms. The molecule has 2 atom stereocenters. The highest BCUT2D eigenvalue weighted by atomic mass is 35.5. The van der Waals surface area contributed by atoms with Gasteiger partial charge in [0.2, 0.25) is 10.4 Å². The number of rotatable bonds is 8. The van der Waals surface area contributed by atoms with Gasteiger partial charge in [0, 0.05) is 30.0 Å². The van der Waals surface area contributed by atoms with Crippen LogP contribution in [-0.4, -0.2) is 28.2 Å². The molecule has 4 rings (SSSR count). The number of nitrogens with one attached hydrogen (secondary N) is 1. The van der Waals surface area contributed by atoms with E-state index in [2.05, 4.69) is 51.6 Å². The van der Waals surface area contributed by atoms with Gasteiger partial charge in [-0.3, -0.25) is 0 Å². The molecule has 0 amide bonds. The topological polar surface area (TPSA) is 58.1 Å². The summed E-state index contributed by atoms with van der Waals surface area (Å²) in [4.78, 5) is 18.1. The number of anilines is 3. The Balaban J connectivity index is 1.69. The summed E-state index contributed by atoms with van der Waals surface area (Å²) in [7, 11) is 0. The highest BCUT2D eigenvalue weighted by Crippen LogP contribution is 2.48. The average molecular weight is 433 g/mol. The fraction of sp³-hybridized carbons (Fsp3) is 0.591. The third-order valence-corrected chi connectivity index (χ3v) is 6.89. The van der Waals surface area contributed by atoms with E-state index in [1.807, 2.05) is 0 Å². The molecule has 1 aromatic heterocycles. The van der Waals surface area contributed by atoms with Gasteiger partial charge in [0.15, 0.2) is 0 Å². The summed E-state index contributed by atoms with van der Waals surface area (Å²) in [5.74, 6) is 1.08. The van der Waals surface area contributed by atoms with Crippen LogP contribution in [0.3, 0.4) is 0 Å². The van der Waals surface area contributed by atoms with Crippen LogP contribution in [0.25, 0.3) is 0 Å². The number of hydrogen-bond acceptors (Lipinski definition) is 6. The van der Waals surface area contributed by atoms with Gasteiger partial charge in [0.1, 0.15) is 6.29 Å². The third kappa shape index (κ3) is 4.92. The number of carbonyl (C=O) groups is 1. The predicted molar refractivity (Wildman–Crippen MR) is 121 cm³/mol. The van der Waals surface area contributed by atoms with Crippen LogP contribution < -0.4 is 10.2 Å². The Bertz CT molecular complexity index is 849. The van der Waals surface area contributed by atoms with E-state index in [-0.39, 0.29) is 11.2 Å². The Labute approximate surface area is 182 Å². The van der Waals surface area contributed by atoms with Crippen LogP contribution in [-0.2, 0) is 4.79 Å². The minimum Gasteiger partial charge on any atom is -0.367 e. The first kappa shape index (κ1) is 20.6. The summed E-state index contributed by atoms with van der Waals surface area (Å²) in [6, 6.07) is 7.21. The lowest BCUT2D eigenvalue weighted by atomic mass is 9.92. The van der Waals surface area contributed by atoms with Crippen LogP contribution in [0.4, 0.5) is 16.5 Å². The van der Waals surface area contributed by atoms with E-state index >= 15 is 0 Å². The number of aromatic nitrogens is 2. The van der Waals surface area contributed by atoms with Crippen LogP contribution in [0, 0.1) is 11.8 Å². The van der Waals surface area contributed by atoms with Crippen LogP contribution in [0.2, 0.25) is 5.28 Å². The monoisotopic (exact) mass is 432 g/mol. The van der Waals surface area contributed by atoms with E-state index in [4.69, 9.17) is 11.6 Å². The third-order valence-electron chi connectivity index (χ3n) is 5.99. The summed E-state index contributed by atoms with van der Waals surface area (Å²) in [6.07, 6.45) is 8.47. The van der Waals surface area contributed by atoms with Crippen molar-refractivity contribution >= 4 is 45.9 Å². The molecule has 2 unspecified atom stereocenters. The molecular weight excluding hydrogens is 404 g/mol. The first-order valence-electron chi connectivity index (χ1n) is 10.7. The molecule has 29 heavy (non-hydrogen) atoms. The Kier molecular flexibility index (Phi) is 6.40. The lowest BCUT2D eigenvalue weighted by Gasteiger charge is -2.38. The maximum Gasteiger partial charge on any atom is 0.236 e. The lowest BCUT2D eigenvalue weighted by molar-refractivity contribution is -0.108. The second-order valence-corrected chi connectivity index (χ2v) is 9.84. The normalized spacial score (nSPS) is 21.9. The minimum absolute atomic E-state index is 0.162. The van der Waals surface area contributed by atoms with Crippen molar-refractivity contribution in [3.05, 3.63) is 29.0 Å². The van der Waals surface area contributed by atoms with Crippen molar-refractivity contribution in [3.8, 4) is 0 Å². The molecule has 2 saturated carbocycles. The summed E-state index contributed by atoms with van der Waals surface area (Å²) >= 11 is 7.22. The van der Waals surface area contributed by atoms with Gasteiger partial charge in [-0.05, 0) is 60.4 Å². The van der Waals surface area contributed by atoms with Gasteiger partial charge < -0.3 is 15.0 Å². The summed E-state index contributed by atoms with van der Waals surface area (Å²) in [6.45, 7) is 5.58. The molecule has 0 saturated heterocycles. The van der Waals surface area contributed by atoms with Crippen LogP contribution in [0.1, 0.15) is 63.9 Å². The molecule has 2 aliphatic rings. The average Bonchev–Trinajstić information content (AvgIpc) is 3.41. The molecule has 0 radical (unpaired) electrons. The van der Waals surface area contributed by atoms with Gasteiger partial charge in [0.05, 0.1) is 11.4 Å². The second-order valence-electron chi connectivity index (χ2n) is 8.75. The fourth-order valence-electron chi connectivity index (χ4n) is 4.48. The van der Waals surface area contributed by atoms with Gasteiger partial charge in [-0.1, -0.05) is 39.2 Å². The molecule has 5 nitrogen and oxygen atoms in total. The molecule has 1 aromatic carbocycles. The maximum atomic E-state index is 11.2. The van der Waals surface area contributed by atoms with Gasteiger partial charge in [-0.15, -0.1) is 0 Å². The van der Waals surface area contributed by atoms with E-state index < -0.39 is 0 Å². The molecule has 2 aromatic rings. The summed E-state index contributed by atoms with van der Waals surface area (Å²) in [5.41, 5.74) is 3.47. The van der Waals surface area contributed by atoms with E-state index in [9.17, 15) is 4.79 Å². The zero-order valence-electron chi connectivity index (χ0n) is 17.1. The summed E-state index contributed by atoms with van der Waals surface area (Å²) < 4.78 is 4.09. The first-order valence-corrected chi connectivity index (χ1v) is 11.8. The van der Waals surface area contributed by atoms with Crippen molar-refractivity contribution < 1.29 is 4.79 Å². The van der Waals surface area contributed by atoms with Gasteiger partial charge in [-0.2, -0.15) is 9.36 Å². The Morgan fingerprint density at radius 2 is 2.10 bits per heavy atom. The zero-order valence-corrected chi connectivity index (χ0v) is 18.7. The van der Waals surface area contributed by atoms with Crippen LogP contribution >= 0.6 is 23.1 Å². The SMILES string of the molecule is CC(C)CN(c1ccc(C2CC2C=O)cc1Nc1nc(Cl)ns1)C1CCCCC1. The maximum absolute atomic E-state index is 11.2. The highest BCUT2D eigenvalue weighted by molar-refractivity contribution is 7.10. The van der Waals surface area contributed by atoms with E-state index in [1.165, 1.54) is 54.9 Å². The molecule has 2 aliphatic carbocycles. The number of halogens is 1.